The Balaban J connectivity index is 1.63. The average molecular weight is 453 g/mol. The predicted molar refractivity (Wildman–Crippen MR) is 132 cm³/mol. The summed E-state index contributed by atoms with van der Waals surface area (Å²) in [5.41, 5.74) is 3.81. The molecule has 6 aromatic rings. The van der Waals surface area contributed by atoms with Gasteiger partial charge in [0, 0.05) is 29.7 Å². The quantitative estimate of drug-likeness (QED) is 0.207. The molecule has 0 amide bonds. The van der Waals surface area contributed by atoms with E-state index in [0.29, 0.717) is 11.5 Å². The van der Waals surface area contributed by atoms with Crippen molar-refractivity contribution in [3.8, 4) is 21.3 Å². The van der Waals surface area contributed by atoms with E-state index in [0.717, 1.165) is 74.1 Å². The molecule has 0 radical (unpaired) electrons. The van der Waals surface area contributed by atoms with Gasteiger partial charge in [-0.25, -0.2) is 4.98 Å². The first-order valence-electron chi connectivity index (χ1n) is 11.0. The van der Waals surface area contributed by atoms with Crippen molar-refractivity contribution < 1.29 is 9.21 Å². The van der Waals surface area contributed by atoms with Gasteiger partial charge in [-0.15, -0.1) is 11.3 Å². The van der Waals surface area contributed by atoms with Gasteiger partial charge in [-0.1, -0.05) is 13.3 Å². The highest BCUT2D eigenvalue weighted by Crippen LogP contribution is 2.39. The van der Waals surface area contributed by atoms with Crippen LogP contribution in [0.5, 0.6) is 0 Å². The lowest BCUT2D eigenvalue weighted by Crippen LogP contribution is -2.00. The van der Waals surface area contributed by atoms with Gasteiger partial charge in [-0.3, -0.25) is 14.8 Å². The molecular formula is C26H20N4O2S. The molecule has 0 atom stereocenters. The monoisotopic (exact) mass is 452 g/mol. The standard InChI is InChI=1S/C26H20N4O2S/c1-2-3-14-30-25-18-7-5-13-28-23(18)22-17(6-4-12-27-22)24(25)29-26(30)21-11-10-20(33-21)19-9-8-16(15-31)32-19/h4-13,15H,2-3,14H2,1H3. The number of aryl methyl sites for hydroxylation is 1. The number of fused-ring (bicyclic) bond motifs is 6. The van der Waals surface area contributed by atoms with Gasteiger partial charge in [0.05, 0.1) is 31.8 Å². The van der Waals surface area contributed by atoms with Gasteiger partial charge in [0.15, 0.2) is 17.9 Å². The third-order valence-corrected chi connectivity index (χ3v) is 6.96. The smallest absolute Gasteiger partial charge is 0.185 e. The molecule has 0 aliphatic carbocycles. The van der Waals surface area contributed by atoms with Crippen molar-refractivity contribution in [1.29, 1.82) is 0 Å². The minimum Gasteiger partial charge on any atom is -0.452 e. The van der Waals surface area contributed by atoms with E-state index in [9.17, 15) is 4.79 Å². The van der Waals surface area contributed by atoms with E-state index in [-0.39, 0.29) is 0 Å². The molecule has 6 nitrogen and oxygen atoms in total. The van der Waals surface area contributed by atoms with Gasteiger partial charge in [0.25, 0.3) is 0 Å². The van der Waals surface area contributed by atoms with Crippen molar-refractivity contribution in [2.75, 3.05) is 0 Å². The van der Waals surface area contributed by atoms with E-state index in [1.807, 2.05) is 30.5 Å². The zero-order valence-electron chi connectivity index (χ0n) is 18.0. The summed E-state index contributed by atoms with van der Waals surface area (Å²) in [5, 5.41) is 2.07. The molecule has 0 aliphatic heterocycles. The molecule has 7 heteroatoms. The van der Waals surface area contributed by atoms with Crippen molar-refractivity contribution in [2.45, 2.75) is 26.3 Å². The highest BCUT2D eigenvalue weighted by Gasteiger charge is 2.21. The van der Waals surface area contributed by atoms with Crippen molar-refractivity contribution >= 4 is 50.5 Å². The number of hydrogen-bond acceptors (Lipinski definition) is 6. The van der Waals surface area contributed by atoms with Gasteiger partial charge >= 0.3 is 0 Å². The summed E-state index contributed by atoms with van der Waals surface area (Å²) in [7, 11) is 0. The first kappa shape index (κ1) is 19.8. The van der Waals surface area contributed by atoms with Crippen LogP contribution in [-0.2, 0) is 6.54 Å². The lowest BCUT2D eigenvalue weighted by molar-refractivity contribution is 0.110. The molecule has 0 aliphatic rings. The number of benzene rings is 1. The average Bonchev–Trinajstić information content (AvgIpc) is 3.61. The van der Waals surface area contributed by atoms with Crippen molar-refractivity contribution in [3.05, 3.63) is 66.7 Å². The summed E-state index contributed by atoms with van der Waals surface area (Å²) in [6.45, 7) is 3.06. The molecule has 0 saturated heterocycles. The first-order valence-corrected chi connectivity index (χ1v) is 11.8. The highest BCUT2D eigenvalue weighted by atomic mass is 32.1. The van der Waals surface area contributed by atoms with Gasteiger partial charge in [0.1, 0.15) is 5.76 Å². The summed E-state index contributed by atoms with van der Waals surface area (Å²) in [5.74, 6) is 1.94. The lowest BCUT2D eigenvalue weighted by atomic mass is 10.1. The number of rotatable bonds is 6. The van der Waals surface area contributed by atoms with Crippen LogP contribution in [0.25, 0.3) is 54.2 Å². The normalized spacial score (nSPS) is 11.7. The maximum Gasteiger partial charge on any atom is 0.185 e. The number of hydrogen-bond donors (Lipinski definition) is 0. The third kappa shape index (κ3) is 3.15. The van der Waals surface area contributed by atoms with Crippen LogP contribution >= 0.6 is 11.3 Å². The number of aldehydes is 1. The molecule has 0 saturated carbocycles. The molecule has 0 spiro atoms. The molecule has 5 heterocycles. The summed E-state index contributed by atoms with van der Waals surface area (Å²) < 4.78 is 7.96. The van der Waals surface area contributed by atoms with Gasteiger partial charge < -0.3 is 8.98 Å². The Kier molecular flexibility index (Phi) is 4.77. The largest absolute Gasteiger partial charge is 0.452 e. The van der Waals surface area contributed by atoms with Crippen LogP contribution in [0.2, 0.25) is 0 Å². The number of aromatic nitrogens is 4. The fourth-order valence-electron chi connectivity index (χ4n) is 4.35. The Hall–Kier alpha value is -3.84. The summed E-state index contributed by atoms with van der Waals surface area (Å²) >= 11 is 1.61. The minimum absolute atomic E-state index is 0.327. The number of carbonyl (C=O) groups is 1. The van der Waals surface area contributed by atoms with Gasteiger partial charge in [-0.2, -0.15) is 0 Å². The number of furan rings is 1. The number of carbonyl (C=O) groups excluding carboxylic acids is 1. The molecule has 5 aromatic heterocycles. The van der Waals surface area contributed by atoms with E-state index in [1.165, 1.54) is 0 Å². The molecule has 1 aromatic carbocycles. The maximum absolute atomic E-state index is 11.0. The second-order valence-electron chi connectivity index (χ2n) is 7.92. The zero-order valence-corrected chi connectivity index (χ0v) is 18.8. The fourth-order valence-corrected chi connectivity index (χ4v) is 5.31. The molecule has 162 valence electrons. The Morgan fingerprint density at radius 2 is 1.70 bits per heavy atom. The number of nitrogens with zero attached hydrogens (tertiary/aromatic N) is 4. The van der Waals surface area contributed by atoms with E-state index < -0.39 is 0 Å². The van der Waals surface area contributed by atoms with E-state index in [1.54, 1.807) is 23.6 Å². The Morgan fingerprint density at radius 3 is 2.45 bits per heavy atom. The number of thiophene rings is 1. The van der Waals surface area contributed by atoms with E-state index in [2.05, 4.69) is 39.7 Å². The SMILES string of the molecule is CCCCn1c(-c2ccc(-c3ccc(C=O)o3)s2)nc2c3cccnc3c3ncccc3c21. The van der Waals surface area contributed by atoms with Crippen LogP contribution in [0.1, 0.15) is 30.3 Å². The molecule has 6 rings (SSSR count). The number of imidazole rings is 1. The Labute approximate surface area is 193 Å². The number of pyridine rings is 2. The Morgan fingerprint density at radius 1 is 0.939 bits per heavy atom. The van der Waals surface area contributed by atoms with Crippen molar-refractivity contribution in [2.24, 2.45) is 0 Å². The zero-order chi connectivity index (χ0) is 22.4. The van der Waals surface area contributed by atoms with Gasteiger partial charge in [0.2, 0.25) is 0 Å². The topological polar surface area (TPSA) is 73.8 Å². The van der Waals surface area contributed by atoms with Crippen molar-refractivity contribution in [3.63, 3.8) is 0 Å². The fraction of sp³-hybridized carbons (Fsp3) is 0.154. The summed E-state index contributed by atoms with van der Waals surface area (Å²) in [6, 6.07) is 15.7. The van der Waals surface area contributed by atoms with Gasteiger partial charge in [-0.05, 0) is 55.0 Å². The van der Waals surface area contributed by atoms with Crippen molar-refractivity contribution in [1.82, 2.24) is 19.5 Å². The van der Waals surface area contributed by atoms with E-state index >= 15 is 0 Å². The molecule has 33 heavy (non-hydrogen) atoms. The molecule has 0 N–H and O–H groups in total. The summed E-state index contributed by atoms with van der Waals surface area (Å²) in [4.78, 5) is 27.5. The molecular weight excluding hydrogens is 432 g/mol. The van der Waals surface area contributed by atoms with Crippen LogP contribution in [0.3, 0.4) is 0 Å². The van der Waals surface area contributed by atoms with Crippen LogP contribution < -0.4 is 0 Å². The second-order valence-corrected chi connectivity index (χ2v) is 9.00. The van der Waals surface area contributed by atoms with E-state index in [4.69, 9.17) is 9.40 Å². The summed E-state index contributed by atoms with van der Waals surface area (Å²) in [6.07, 6.45) is 6.48. The second kappa shape index (κ2) is 7.94. The van der Waals surface area contributed by atoms with Crippen LogP contribution in [0, 0.1) is 0 Å². The lowest BCUT2D eigenvalue weighted by Gasteiger charge is -2.10. The molecule has 0 unspecified atom stereocenters. The van der Waals surface area contributed by atoms with Crippen LogP contribution in [0.4, 0.5) is 0 Å². The predicted octanol–water partition coefficient (Wildman–Crippen LogP) is 6.73. The number of unbranched alkanes of at least 4 members (excludes halogenated alkanes) is 1. The molecule has 0 bridgehead atoms. The maximum atomic E-state index is 11.0. The minimum atomic E-state index is 0.327. The molecule has 0 fully saturated rings. The first-order chi connectivity index (χ1) is 16.3. The highest BCUT2D eigenvalue weighted by molar-refractivity contribution is 7.18. The Bertz CT molecular complexity index is 1640. The third-order valence-electron chi connectivity index (χ3n) is 5.87. The van der Waals surface area contributed by atoms with Crippen LogP contribution in [0.15, 0.2) is 65.3 Å². The van der Waals surface area contributed by atoms with Crippen LogP contribution in [-0.4, -0.2) is 25.8 Å².